The number of hydrogen-bond acceptors (Lipinski definition) is 6. The van der Waals surface area contributed by atoms with Crippen LogP contribution in [0.4, 0.5) is 21.1 Å². The first kappa shape index (κ1) is 18.8. The average Bonchev–Trinajstić information content (AvgIpc) is 2.66. The lowest BCUT2D eigenvalue weighted by atomic mass is 10.1. The molecule has 142 valence electrons. The SMILES string of the molecule is COC(=O)Nc1ccccc1CN1Cc2cnc(S(C)=O)nc2N(C)C1=O. The van der Waals surface area contributed by atoms with Gasteiger partial charge >= 0.3 is 12.1 Å². The van der Waals surface area contributed by atoms with Gasteiger partial charge in [-0.3, -0.25) is 14.4 Å². The number of hydrogen-bond donors (Lipinski definition) is 1. The smallest absolute Gasteiger partial charge is 0.411 e. The summed E-state index contributed by atoms with van der Waals surface area (Å²) in [5.41, 5.74) is 2.09. The average molecular weight is 389 g/mol. The van der Waals surface area contributed by atoms with E-state index >= 15 is 0 Å². The Bertz CT molecular complexity index is 920. The fraction of sp³-hybridized carbons (Fsp3) is 0.294. The number of ether oxygens (including phenoxy) is 1. The number of nitrogens with one attached hydrogen (secondary N) is 1. The summed E-state index contributed by atoms with van der Waals surface area (Å²) >= 11 is 0. The van der Waals surface area contributed by atoms with Crippen molar-refractivity contribution in [2.24, 2.45) is 0 Å². The first-order valence-electron chi connectivity index (χ1n) is 8.05. The third-order valence-corrected chi connectivity index (χ3v) is 4.82. The van der Waals surface area contributed by atoms with Gasteiger partial charge < -0.3 is 9.64 Å². The van der Waals surface area contributed by atoms with Crippen molar-refractivity contribution in [1.29, 1.82) is 0 Å². The van der Waals surface area contributed by atoms with E-state index in [-0.39, 0.29) is 17.7 Å². The van der Waals surface area contributed by atoms with Crippen LogP contribution in [0.2, 0.25) is 0 Å². The lowest BCUT2D eigenvalue weighted by molar-refractivity contribution is 0.187. The molecule has 27 heavy (non-hydrogen) atoms. The fourth-order valence-corrected chi connectivity index (χ4v) is 3.19. The summed E-state index contributed by atoms with van der Waals surface area (Å²) in [6, 6.07) is 6.93. The number of carbonyl (C=O) groups excluding carboxylic acids is 2. The maximum Gasteiger partial charge on any atom is 0.411 e. The normalized spacial score (nSPS) is 14.6. The highest BCUT2D eigenvalue weighted by molar-refractivity contribution is 7.84. The predicted molar refractivity (Wildman–Crippen MR) is 99.9 cm³/mol. The Morgan fingerprint density at radius 1 is 1.37 bits per heavy atom. The van der Waals surface area contributed by atoms with Crippen LogP contribution in [0, 0.1) is 0 Å². The molecule has 3 rings (SSSR count). The second-order valence-corrected chi connectivity index (χ2v) is 7.20. The molecular weight excluding hydrogens is 370 g/mol. The molecule has 1 aromatic carbocycles. The monoisotopic (exact) mass is 389 g/mol. The molecule has 0 saturated carbocycles. The number of anilines is 2. The summed E-state index contributed by atoms with van der Waals surface area (Å²) in [4.78, 5) is 35.7. The number of rotatable bonds is 4. The number of amides is 3. The molecule has 1 unspecified atom stereocenters. The Balaban J connectivity index is 1.87. The molecule has 0 saturated heterocycles. The third kappa shape index (κ3) is 3.90. The topological polar surface area (TPSA) is 105 Å². The van der Waals surface area contributed by atoms with Gasteiger partial charge in [-0.1, -0.05) is 18.2 Å². The number of carbonyl (C=O) groups is 2. The number of urea groups is 1. The lowest BCUT2D eigenvalue weighted by Crippen LogP contribution is -2.45. The van der Waals surface area contributed by atoms with Crippen molar-refractivity contribution < 1.29 is 18.5 Å². The molecule has 1 N–H and O–H groups in total. The molecule has 0 aliphatic carbocycles. The first-order chi connectivity index (χ1) is 12.9. The van der Waals surface area contributed by atoms with E-state index in [1.54, 1.807) is 30.3 Å². The highest BCUT2D eigenvalue weighted by Gasteiger charge is 2.30. The number of aromatic nitrogens is 2. The Morgan fingerprint density at radius 3 is 2.81 bits per heavy atom. The van der Waals surface area contributed by atoms with Gasteiger partial charge in [0.25, 0.3) is 0 Å². The van der Waals surface area contributed by atoms with Gasteiger partial charge in [-0.15, -0.1) is 0 Å². The van der Waals surface area contributed by atoms with Gasteiger partial charge in [0.2, 0.25) is 5.16 Å². The van der Waals surface area contributed by atoms with Crippen molar-refractivity contribution in [3.05, 3.63) is 41.6 Å². The van der Waals surface area contributed by atoms with Crippen molar-refractivity contribution in [2.75, 3.05) is 30.6 Å². The standard InChI is InChI=1S/C17H19N5O4S/c1-21-14-12(8-18-15(20-14)27(3)25)10-22(17(21)24)9-11-6-4-5-7-13(11)19-16(23)26-2/h4-8H,9-10H2,1-3H3,(H,19,23). The Labute approximate surface area is 158 Å². The van der Waals surface area contributed by atoms with Crippen LogP contribution in [-0.2, 0) is 28.6 Å². The fourth-order valence-electron chi connectivity index (χ4n) is 2.77. The number of nitrogens with zero attached hydrogens (tertiary/aromatic N) is 4. The zero-order chi connectivity index (χ0) is 19.6. The second-order valence-electron chi connectivity index (χ2n) is 5.93. The molecule has 0 bridgehead atoms. The van der Waals surface area contributed by atoms with Crippen LogP contribution in [-0.4, -0.2) is 51.6 Å². The summed E-state index contributed by atoms with van der Waals surface area (Å²) in [6.07, 6.45) is 2.50. The van der Waals surface area contributed by atoms with Gasteiger partial charge in [0.1, 0.15) is 5.82 Å². The lowest BCUT2D eigenvalue weighted by Gasteiger charge is -2.34. The Morgan fingerprint density at radius 2 is 2.11 bits per heavy atom. The molecule has 9 nitrogen and oxygen atoms in total. The second kappa shape index (κ2) is 7.70. The van der Waals surface area contributed by atoms with Gasteiger partial charge in [-0.25, -0.2) is 19.6 Å². The minimum Gasteiger partial charge on any atom is -0.453 e. The Kier molecular flexibility index (Phi) is 5.36. The molecule has 1 aromatic heterocycles. The van der Waals surface area contributed by atoms with E-state index in [0.29, 0.717) is 18.1 Å². The van der Waals surface area contributed by atoms with Gasteiger partial charge in [0.15, 0.2) is 0 Å². The molecule has 2 aromatic rings. The molecule has 2 heterocycles. The molecule has 0 fully saturated rings. The van der Waals surface area contributed by atoms with Crippen molar-refractivity contribution in [3.63, 3.8) is 0 Å². The van der Waals surface area contributed by atoms with Crippen molar-refractivity contribution in [3.8, 4) is 0 Å². The molecular formula is C17H19N5O4S. The molecule has 1 atom stereocenters. The van der Waals surface area contributed by atoms with Gasteiger partial charge in [0, 0.05) is 37.3 Å². The maximum atomic E-state index is 12.8. The van der Waals surface area contributed by atoms with Crippen LogP contribution in [0.15, 0.2) is 35.6 Å². The van der Waals surface area contributed by atoms with Crippen LogP contribution in [0.5, 0.6) is 0 Å². The molecule has 0 radical (unpaired) electrons. The number of methoxy groups -OCH3 is 1. The minimum absolute atomic E-state index is 0.189. The molecule has 0 spiro atoms. The van der Waals surface area contributed by atoms with Gasteiger partial charge in [-0.2, -0.15) is 0 Å². The molecule has 1 aliphatic rings. The van der Waals surface area contributed by atoms with Crippen LogP contribution in [0.1, 0.15) is 11.1 Å². The van der Waals surface area contributed by atoms with E-state index in [9.17, 15) is 13.8 Å². The van der Waals surface area contributed by atoms with Crippen LogP contribution >= 0.6 is 0 Å². The zero-order valence-corrected chi connectivity index (χ0v) is 15.9. The predicted octanol–water partition coefficient (Wildman–Crippen LogP) is 1.96. The van der Waals surface area contributed by atoms with Crippen molar-refractivity contribution in [1.82, 2.24) is 14.9 Å². The van der Waals surface area contributed by atoms with Crippen molar-refractivity contribution in [2.45, 2.75) is 18.2 Å². The van der Waals surface area contributed by atoms with E-state index < -0.39 is 16.9 Å². The van der Waals surface area contributed by atoms with E-state index in [2.05, 4.69) is 20.0 Å². The third-order valence-electron chi connectivity index (χ3n) is 4.11. The number of para-hydroxylation sites is 1. The van der Waals surface area contributed by atoms with E-state index in [0.717, 1.165) is 11.1 Å². The van der Waals surface area contributed by atoms with Crippen LogP contribution in [0.25, 0.3) is 0 Å². The summed E-state index contributed by atoms with van der Waals surface area (Å²) in [6.45, 7) is 0.589. The summed E-state index contributed by atoms with van der Waals surface area (Å²) in [5, 5.41) is 2.83. The van der Waals surface area contributed by atoms with E-state index in [1.165, 1.54) is 18.3 Å². The summed E-state index contributed by atoms with van der Waals surface area (Å²) < 4.78 is 16.2. The van der Waals surface area contributed by atoms with Gasteiger partial charge in [0.05, 0.1) is 24.5 Å². The highest BCUT2D eigenvalue weighted by atomic mass is 32.2. The van der Waals surface area contributed by atoms with Gasteiger partial charge in [-0.05, 0) is 11.6 Å². The molecule has 10 heteroatoms. The highest BCUT2D eigenvalue weighted by Crippen LogP contribution is 2.28. The minimum atomic E-state index is -1.33. The van der Waals surface area contributed by atoms with Crippen LogP contribution in [0.3, 0.4) is 0 Å². The summed E-state index contributed by atoms with van der Waals surface area (Å²) in [5.74, 6) is 0.456. The molecule has 3 amide bonds. The quantitative estimate of drug-likeness (QED) is 0.802. The summed E-state index contributed by atoms with van der Waals surface area (Å²) in [7, 11) is 1.57. The molecule has 1 aliphatic heterocycles. The number of benzene rings is 1. The van der Waals surface area contributed by atoms with E-state index in [4.69, 9.17) is 0 Å². The van der Waals surface area contributed by atoms with E-state index in [1.807, 2.05) is 12.1 Å². The largest absolute Gasteiger partial charge is 0.453 e. The zero-order valence-electron chi connectivity index (χ0n) is 15.1. The van der Waals surface area contributed by atoms with Crippen molar-refractivity contribution >= 4 is 34.4 Å². The number of fused-ring (bicyclic) bond motifs is 1. The maximum absolute atomic E-state index is 12.8. The van der Waals surface area contributed by atoms with Crippen LogP contribution < -0.4 is 10.2 Å². The Hall–Kier alpha value is -3.01. The first-order valence-corrected chi connectivity index (χ1v) is 9.61.